The lowest BCUT2D eigenvalue weighted by molar-refractivity contribution is 0.0512. The first-order valence-electron chi connectivity index (χ1n) is 6.65. The summed E-state index contributed by atoms with van der Waals surface area (Å²) in [6, 6.07) is 8.72. The highest BCUT2D eigenvalue weighted by atomic mass is 16.5. The van der Waals surface area contributed by atoms with Crippen LogP contribution in [0.3, 0.4) is 0 Å². The van der Waals surface area contributed by atoms with Gasteiger partial charge in [0.05, 0.1) is 6.61 Å². The molecular weight excluding hydrogens is 210 g/mol. The molecule has 2 nitrogen and oxygen atoms in total. The lowest BCUT2D eigenvalue weighted by Gasteiger charge is -2.43. The third kappa shape index (κ3) is 2.24. The number of hydrogen-bond acceptors (Lipinski definition) is 2. The van der Waals surface area contributed by atoms with Crippen LogP contribution in [0.1, 0.15) is 24.0 Å². The lowest BCUT2D eigenvalue weighted by atomic mass is 9.74. The molecule has 1 saturated carbocycles. The van der Waals surface area contributed by atoms with Gasteiger partial charge in [0.15, 0.2) is 0 Å². The molecule has 1 aromatic rings. The minimum Gasteiger partial charge on any atom is -0.380 e. The maximum atomic E-state index is 5.93. The molecule has 0 unspecified atom stereocenters. The second kappa shape index (κ2) is 4.43. The van der Waals surface area contributed by atoms with Crippen molar-refractivity contribution in [3.05, 3.63) is 35.4 Å². The molecule has 17 heavy (non-hydrogen) atoms. The normalized spacial score (nSPS) is 22.2. The van der Waals surface area contributed by atoms with E-state index in [9.17, 15) is 0 Å². The fraction of sp³-hybridized carbons (Fsp3) is 0.600. The molecule has 0 aromatic heterocycles. The highest BCUT2D eigenvalue weighted by Gasteiger charge is 2.40. The second-order valence-electron chi connectivity index (χ2n) is 5.66. The van der Waals surface area contributed by atoms with Crippen LogP contribution in [-0.2, 0) is 10.2 Å². The summed E-state index contributed by atoms with van der Waals surface area (Å²) in [5.41, 5.74) is 3.10. The molecule has 2 fully saturated rings. The molecule has 0 atom stereocenters. The standard InChI is InChI=1S/C15H21NO/c1-12-4-2-3-5-14(12)15(9-16-10-15)11-17-8-13-6-7-13/h2-5,13,16H,6-11H2,1H3. The molecule has 2 aliphatic rings. The van der Waals surface area contributed by atoms with Crippen LogP contribution in [0.2, 0.25) is 0 Å². The topological polar surface area (TPSA) is 21.3 Å². The number of ether oxygens (including phenoxy) is 1. The molecule has 1 N–H and O–H groups in total. The molecule has 0 bridgehead atoms. The first-order chi connectivity index (χ1) is 8.30. The Kier molecular flexibility index (Phi) is 2.93. The molecule has 2 heteroatoms. The highest BCUT2D eigenvalue weighted by Crippen LogP contribution is 2.33. The van der Waals surface area contributed by atoms with Crippen molar-refractivity contribution in [2.45, 2.75) is 25.2 Å². The van der Waals surface area contributed by atoms with Gasteiger partial charge in [-0.25, -0.2) is 0 Å². The van der Waals surface area contributed by atoms with Gasteiger partial charge in [-0.3, -0.25) is 0 Å². The lowest BCUT2D eigenvalue weighted by Crippen LogP contribution is -2.59. The highest BCUT2D eigenvalue weighted by molar-refractivity contribution is 5.36. The van der Waals surface area contributed by atoms with Crippen molar-refractivity contribution >= 4 is 0 Å². The molecule has 1 saturated heterocycles. The molecule has 0 radical (unpaired) electrons. The SMILES string of the molecule is Cc1ccccc1C1(COCC2CC2)CNC1. The van der Waals surface area contributed by atoms with Crippen LogP contribution < -0.4 is 5.32 Å². The molecule has 1 aliphatic heterocycles. The summed E-state index contributed by atoms with van der Waals surface area (Å²) in [5, 5.41) is 3.40. The number of benzene rings is 1. The summed E-state index contributed by atoms with van der Waals surface area (Å²) in [7, 11) is 0. The number of hydrogen-bond donors (Lipinski definition) is 1. The number of nitrogens with one attached hydrogen (secondary N) is 1. The molecule has 92 valence electrons. The fourth-order valence-electron chi connectivity index (χ4n) is 2.67. The summed E-state index contributed by atoms with van der Waals surface area (Å²) in [6.45, 7) is 6.16. The van der Waals surface area contributed by atoms with Gasteiger partial charge in [-0.2, -0.15) is 0 Å². The Morgan fingerprint density at radius 3 is 2.65 bits per heavy atom. The van der Waals surface area contributed by atoms with E-state index < -0.39 is 0 Å². The van der Waals surface area contributed by atoms with Crippen LogP contribution >= 0.6 is 0 Å². The van der Waals surface area contributed by atoms with Gasteiger partial charge in [0, 0.05) is 25.1 Å². The third-order valence-electron chi connectivity index (χ3n) is 4.07. The van der Waals surface area contributed by atoms with E-state index in [-0.39, 0.29) is 5.41 Å². The fourth-order valence-corrected chi connectivity index (χ4v) is 2.67. The first kappa shape index (κ1) is 11.2. The van der Waals surface area contributed by atoms with Crippen molar-refractivity contribution in [1.82, 2.24) is 5.32 Å². The summed E-state index contributed by atoms with van der Waals surface area (Å²) in [6.07, 6.45) is 2.74. The van der Waals surface area contributed by atoms with Crippen LogP contribution in [0, 0.1) is 12.8 Å². The quantitative estimate of drug-likeness (QED) is 0.839. The Balaban J connectivity index is 1.69. The van der Waals surface area contributed by atoms with E-state index in [4.69, 9.17) is 4.74 Å². The van der Waals surface area contributed by atoms with E-state index >= 15 is 0 Å². The van der Waals surface area contributed by atoms with Crippen molar-refractivity contribution in [3.63, 3.8) is 0 Å². The Morgan fingerprint density at radius 1 is 1.29 bits per heavy atom. The molecular formula is C15H21NO. The zero-order valence-corrected chi connectivity index (χ0v) is 10.5. The van der Waals surface area contributed by atoms with Crippen LogP contribution in [0.25, 0.3) is 0 Å². The van der Waals surface area contributed by atoms with E-state index in [2.05, 4.69) is 36.5 Å². The second-order valence-corrected chi connectivity index (χ2v) is 5.66. The van der Waals surface area contributed by atoms with E-state index in [1.807, 2.05) is 0 Å². The molecule has 1 heterocycles. The van der Waals surface area contributed by atoms with Crippen molar-refractivity contribution in [2.75, 3.05) is 26.3 Å². The van der Waals surface area contributed by atoms with Crippen molar-refractivity contribution in [1.29, 1.82) is 0 Å². The van der Waals surface area contributed by atoms with Gasteiger partial charge in [-0.05, 0) is 36.8 Å². The Hall–Kier alpha value is -0.860. The zero-order chi connectivity index (χ0) is 11.7. The minimum absolute atomic E-state index is 0.236. The monoisotopic (exact) mass is 231 g/mol. The van der Waals surface area contributed by atoms with Crippen LogP contribution in [0.15, 0.2) is 24.3 Å². The molecule has 0 spiro atoms. The van der Waals surface area contributed by atoms with Crippen LogP contribution in [0.4, 0.5) is 0 Å². The van der Waals surface area contributed by atoms with E-state index in [0.717, 1.165) is 32.2 Å². The van der Waals surface area contributed by atoms with E-state index in [1.54, 1.807) is 0 Å². The van der Waals surface area contributed by atoms with Gasteiger partial charge >= 0.3 is 0 Å². The summed E-state index contributed by atoms with van der Waals surface area (Å²) >= 11 is 0. The maximum Gasteiger partial charge on any atom is 0.0587 e. The predicted octanol–water partition coefficient (Wildman–Crippen LogP) is 2.26. The molecule has 3 rings (SSSR count). The van der Waals surface area contributed by atoms with Gasteiger partial charge < -0.3 is 10.1 Å². The summed E-state index contributed by atoms with van der Waals surface area (Å²) < 4.78 is 5.93. The van der Waals surface area contributed by atoms with Crippen LogP contribution in [0.5, 0.6) is 0 Å². The number of rotatable bonds is 5. The van der Waals surface area contributed by atoms with Crippen molar-refractivity contribution in [3.8, 4) is 0 Å². The van der Waals surface area contributed by atoms with Crippen LogP contribution in [-0.4, -0.2) is 26.3 Å². The third-order valence-corrected chi connectivity index (χ3v) is 4.07. The molecule has 1 aromatic carbocycles. The van der Waals surface area contributed by atoms with E-state index in [1.165, 1.54) is 24.0 Å². The Bertz CT molecular complexity index is 394. The van der Waals surface area contributed by atoms with Gasteiger partial charge in [0.1, 0.15) is 0 Å². The first-order valence-corrected chi connectivity index (χ1v) is 6.65. The minimum atomic E-state index is 0.236. The van der Waals surface area contributed by atoms with E-state index in [0.29, 0.717) is 0 Å². The Morgan fingerprint density at radius 2 is 2.06 bits per heavy atom. The van der Waals surface area contributed by atoms with Gasteiger partial charge in [0.25, 0.3) is 0 Å². The van der Waals surface area contributed by atoms with Crippen molar-refractivity contribution < 1.29 is 4.74 Å². The maximum absolute atomic E-state index is 5.93. The average Bonchev–Trinajstić information content (AvgIpc) is 3.07. The predicted molar refractivity (Wildman–Crippen MR) is 69.3 cm³/mol. The van der Waals surface area contributed by atoms with Gasteiger partial charge in [-0.15, -0.1) is 0 Å². The summed E-state index contributed by atoms with van der Waals surface area (Å²) in [4.78, 5) is 0. The Labute approximate surface area is 103 Å². The smallest absolute Gasteiger partial charge is 0.0587 e. The molecule has 1 aliphatic carbocycles. The average molecular weight is 231 g/mol. The molecule has 0 amide bonds. The summed E-state index contributed by atoms with van der Waals surface area (Å²) in [5.74, 6) is 0.858. The van der Waals surface area contributed by atoms with Gasteiger partial charge in [-0.1, -0.05) is 24.3 Å². The van der Waals surface area contributed by atoms with Crippen molar-refractivity contribution in [2.24, 2.45) is 5.92 Å². The zero-order valence-electron chi connectivity index (χ0n) is 10.5. The largest absolute Gasteiger partial charge is 0.380 e. The van der Waals surface area contributed by atoms with Gasteiger partial charge in [0.2, 0.25) is 0 Å². The number of aryl methyl sites for hydroxylation is 1.